The van der Waals surface area contributed by atoms with E-state index in [2.05, 4.69) is 9.97 Å². The molecule has 0 saturated heterocycles. The number of aromatic nitrogens is 2. The monoisotopic (exact) mass is 275 g/mol. The molecule has 0 fully saturated rings. The van der Waals surface area contributed by atoms with Crippen LogP contribution in [-0.4, -0.2) is 15.9 Å². The first-order chi connectivity index (χ1) is 9.04. The van der Waals surface area contributed by atoms with Crippen LogP contribution in [0.1, 0.15) is 21.5 Å². The summed E-state index contributed by atoms with van der Waals surface area (Å²) < 4.78 is 5.79. The molecule has 0 unspecified atom stereocenters. The molecule has 4 N–H and O–H groups in total. The Morgan fingerprint density at radius 2 is 2.16 bits per heavy atom. The molecule has 1 aliphatic heterocycles. The van der Waals surface area contributed by atoms with Crippen molar-refractivity contribution < 1.29 is 9.53 Å². The summed E-state index contributed by atoms with van der Waals surface area (Å²) in [5.41, 5.74) is 6.49. The van der Waals surface area contributed by atoms with Crippen molar-refractivity contribution in [3.8, 4) is 11.6 Å². The molecule has 2 heterocycles. The molecular weight excluding hydrogens is 266 g/mol. The number of hydrogen-bond donors (Lipinski definition) is 3. The first kappa shape index (κ1) is 11.7. The van der Waals surface area contributed by atoms with Gasteiger partial charge in [0.1, 0.15) is 5.75 Å². The normalized spacial score (nSPS) is 12.2. The summed E-state index contributed by atoms with van der Waals surface area (Å²) in [6.07, 6.45) is 0.354. The maximum atomic E-state index is 11.8. The van der Waals surface area contributed by atoms with Crippen LogP contribution in [0, 0.1) is 4.77 Å². The van der Waals surface area contributed by atoms with Crippen molar-refractivity contribution in [2.75, 3.05) is 0 Å². The van der Waals surface area contributed by atoms with Gasteiger partial charge in [0.25, 0.3) is 5.56 Å². The van der Waals surface area contributed by atoms with E-state index in [4.69, 9.17) is 22.7 Å². The average molecular weight is 275 g/mol. The molecule has 1 amide bonds. The summed E-state index contributed by atoms with van der Waals surface area (Å²) >= 11 is 4.89. The van der Waals surface area contributed by atoms with Crippen molar-refractivity contribution in [2.24, 2.45) is 5.73 Å². The van der Waals surface area contributed by atoms with Crippen LogP contribution in [0.5, 0.6) is 11.6 Å². The maximum absolute atomic E-state index is 11.8. The summed E-state index contributed by atoms with van der Waals surface area (Å²) in [5, 5.41) is 0. The van der Waals surface area contributed by atoms with Gasteiger partial charge in [-0.15, -0.1) is 0 Å². The molecule has 1 aliphatic rings. The number of aromatic amines is 2. The van der Waals surface area contributed by atoms with Crippen molar-refractivity contribution in [3.05, 3.63) is 50.0 Å². The van der Waals surface area contributed by atoms with E-state index >= 15 is 0 Å². The molecule has 1 aromatic heterocycles. The van der Waals surface area contributed by atoms with Crippen molar-refractivity contribution in [2.45, 2.75) is 6.42 Å². The number of H-pyrrole nitrogens is 2. The molecule has 3 rings (SSSR count). The van der Waals surface area contributed by atoms with Crippen LogP contribution in [0.25, 0.3) is 0 Å². The Bertz CT molecular complexity index is 807. The number of carbonyl (C=O) groups excluding carboxylic acids is 1. The molecule has 0 atom stereocenters. The quantitative estimate of drug-likeness (QED) is 0.581. The minimum Gasteiger partial charge on any atom is -0.440 e. The summed E-state index contributed by atoms with van der Waals surface area (Å²) in [4.78, 5) is 28.2. The minimum atomic E-state index is -0.519. The Kier molecular flexibility index (Phi) is 2.49. The highest BCUT2D eigenvalue weighted by molar-refractivity contribution is 7.71. The maximum Gasteiger partial charge on any atom is 0.259 e. The molecule has 6 nitrogen and oxygen atoms in total. The SMILES string of the molecule is NC(=O)c1ccc2c(c1)Cc1c([nH]c(=S)[nH]c1=O)O2. The Balaban J connectivity index is 2.14. The van der Waals surface area contributed by atoms with Gasteiger partial charge < -0.3 is 15.5 Å². The van der Waals surface area contributed by atoms with E-state index in [1.54, 1.807) is 18.2 Å². The fraction of sp³-hybridized carbons (Fsp3) is 0.0833. The van der Waals surface area contributed by atoms with E-state index < -0.39 is 5.91 Å². The fourth-order valence-electron chi connectivity index (χ4n) is 2.01. The van der Waals surface area contributed by atoms with Gasteiger partial charge in [-0.2, -0.15) is 0 Å². The second kappa shape index (κ2) is 4.06. The molecule has 2 aromatic rings. The molecule has 19 heavy (non-hydrogen) atoms. The lowest BCUT2D eigenvalue weighted by Gasteiger charge is -2.19. The summed E-state index contributed by atoms with van der Waals surface area (Å²) in [5.74, 6) is 0.400. The van der Waals surface area contributed by atoms with E-state index in [0.29, 0.717) is 29.2 Å². The van der Waals surface area contributed by atoms with Gasteiger partial charge in [0.15, 0.2) is 4.77 Å². The molecule has 96 valence electrons. The van der Waals surface area contributed by atoms with Crippen LogP contribution < -0.4 is 16.0 Å². The highest BCUT2D eigenvalue weighted by Gasteiger charge is 2.21. The predicted molar refractivity (Wildman–Crippen MR) is 70.1 cm³/mol. The number of amides is 1. The van der Waals surface area contributed by atoms with Crippen molar-refractivity contribution in [1.29, 1.82) is 0 Å². The summed E-state index contributed by atoms with van der Waals surface area (Å²) in [7, 11) is 0. The number of nitrogens with two attached hydrogens (primary N) is 1. The Morgan fingerprint density at radius 3 is 2.89 bits per heavy atom. The zero-order valence-electron chi connectivity index (χ0n) is 9.65. The number of nitrogens with one attached hydrogen (secondary N) is 2. The number of rotatable bonds is 1. The molecule has 0 radical (unpaired) electrons. The van der Waals surface area contributed by atoms with Crippen LogP contribution in [0.3, 0.4) is 0 Å². The first-order valence-corrected chi connectivity index (χ1v) is 5.91. The molecule has 0 aliphatic carbocycles. The average Bonchev–Trinajstić information content (AvgIpc) is 2.36. The van der Waals surface area contributed by atoms with Crippen LogP contribution in [0.15, 0.2) is 23.0 Å². The van der Waals surface area contributed by atoms with Gasteiger partial charge in [-0.1, -0.05) is 0 Å². The lowest BCUT2D eigenvalue weighted by molar-refractivity contribution is 0.1000. The van der Waals surface area contributed by atoms with Crippen LogP contribution >= 0.6 is 12.2 Å². The van der Waals surface area contributed by atoms with Gasteiger partial charge in [0.05, 0.1) is 5.56 Å². The van der Waals surface area contributed by atoms with Crippen molar-refractivity contribution in [3.63, 3.8) is 0 Å². The van der Waals surface area contributed by atoms with Gasteiger partial charge in [0, 0.05) is 17.5 Å². The summed E-state index contributed by atoms with van der Waals surface area (Å²) in [6.45, 7) is 0. The minimum absolute atomic E-state index is 0.209. The summed E-state index contributed by atoms with van der Waals surface area (Å²) in [6, 6.07) is 4.85. The van der Waals surface area contributed by atoms with Crippen molar-refractivity contribution in [1.82, 2.24) is 9.97 Å². The molecule has 1 aromatic carbocycles. The Hall–Kier alpha value is -2.41. The topological polar surface area (TPSA) is 101 Å². The second-order valence-electron chi connectivity index (χ2n) is 4.18. The molecule has 0 spiro atoms. The van der Waals surface area contributed by atoms with Gasteiger partial charge in [-0.05, 0) is 30.4 Å². The molecule has 7 heteroatoms. The van der Waals surface area contributed by atoms with Gasteiger partial charge in [-0.3, -0.25) is 14.6 Å². The zero-order chi connectivity index (χ0) is 13.6. The van der Waals surface area contributed by atoms with Crippen molar-refractivity contribution >= 4 is 18.1 Å². The van der Waals surface area contributed by atoms with E-state index in [1.165, 1.54) is 0 Å². The number of primary amides is 1. The van der Waals surface area contributed by atoms with E-state index in [1.807, 2.05) is 0 Å². The van der Waals surface area contributed by atoms with E-state index in [0.717, 1.165) is 5.56 Å². The standard InChI is InChI=1S/C12H9N3O3S/c13-9(16)5-1-2-8-6(3-5)4-7-10(17)14-12(19)15-11(7)18-8/h1-3H,4H2,(H2,13,16)(H2,14,15,17,19). The lowest BCUT2D eigenvalue weighted by atomic mass is 10.0. The fourth-order valence-corrected chi connectivity index (χ4v) is 2.20. The molecule has 0 saturated carbocycles. The zero-order valence-corrected chi connectivity index (χ0v) is 10.5. The van der Waals surface area contributed by atoms with Crippen LogP contribution in [-0.2, 0) is 6.42 Å². The largest absolute Gasteiger partial charge is 0.440 e. The predicted octanol–water partition coefficient (Wildman–Crippen LogP) is 1.23. The third-order valence-corrected chi connectivity index (χ3v) is 3.13. The molecule has 0 bridgehead atoms. The highest BCUT2D eigenvalue weighted by Crippen LogP contribution is 2.33. The number of carbonyl (C=O) groups is 1. The third kappa shape index (κ3) is 1.93. The highest BCUT2D eigenvalue weighted by atomic mass is 32.1. The number of ether oxygens (including phenoxy) is 1. The lowest BCUT2D eigenvalue weighted by Crippen LogP contribution is -2.20. The van der Waals surface area contributed by atoms with E-state index in [-0.39, 0.29) is 10.3 Å². The first-order valence-electron chi connectivity index (χ1n) is 5.50. The van der Waals surface area contributed by atoms with E-state index in [9.17, 15) is 9.59 Å². The number of benzene rings is 1. The van der Waals surface area contributed by atoms with Gasteiger partial charge in [0.2, 0.25) is 11.8 Å². The van der Waals surface area contributed by atoms with Crippen LogP contribution in [0.2, 0.25) is 0 Å². The number of fused-ring (bicyclic) bond motifs is 2. The smallest absolute Gasteiger partial charge is 0.259 e. The van der Waals surface area contributed by atoms with Crippen LogP contribution in [0.4, 0.5) is 0 Å². The number of hydrogen-bond acceptors (Lipinski definition) is 4. The molecular formula is C12H9N3O3S. The second-order valence-corrected chi connectivity index (χ2v) is 4.59. The van der Waals surface area contributed by atoms with Gasteiger partial charge in [-0.25, -0.2) is 0 Å². The Labute approximate surface area is 112 Å². The Morgan fingerprint density at radius 1 is 1.37 bits per heavy atom. The van der Waals surface area contributed by atoms with Gasteiger partial charge >= 0.3 is 0 Å². The third-order valence-electron chi connectivity index (χ3n) is 2.93.